The Hall–Kier alpha value is -7.56. The van der Waals surface area contributed by atoms with Crippen molar-refractivity contribution in [1.29, 1.82) is 0 Å². The summed E-state index contributed by atoms with van der Waals surface area (Å²) in [6.45, 7) is 0. The average molecular weight is 838 g/mol. The lowest BCUT2D eigenvalue weighted by molar-refractivity contribution is 1.28. The highest BCUT2D eigenvalue weighted by Gasteiger charge is 2.41. The van der Waals surface area contributed by atoms with E-state index in [-0.39, 0.29) is 0 Å². The predicted octanol–water partition coefficient (Wildman–Crippen LogP) is 13.9. The molecule has 0 aliphatic carbocycles. The van der Waals surface area contributed by atoms with Crippen LogP contribution in [0.2, 0.25) is 0 Å². The maximum absolute atomic E-state index is 2.60. The van der Waals surface area contributed by atoms with E-state index in [1.807, 2.05) is 11.3 Å². The summed E-state index contributed by atoms with van der Waals surface area (Å²) in [6.07, 6.45) is 0. The van der Waals surface area contributed by atoms with E-state index in [1.165, 1.54) is 74.3 Å². The van der Waals surface area contributed by atoms with Crippen LogP contribution >= 0.6 is 11.3 Å². The second-order valence-corrected chi connectivity index (χ2v) is 21.0. The molecule has 0 saturated heterocycles. The van der Waals surface area contributed by atoms with Gasteiger partial charge in [0.05, 0.1) is 0 Å². The molecular formula is C60H43NSSi. The maximum atomic E-state index is 2.38. The number of thiophene rings is 1. The minimum absolute atomic E-state index is 1.10. The van der Waals surface area contributed by atoms with Crippen molar-refractivity contribution in [2.75, 3.05) is 4.90 Å². The van der Waals surface area contributed by atoms with Crippen molar-refractivity contribution in [2.45, 2.75) is 0 Å². The number of rotatable bonds is 10. The molecule has 11 rings (SSSR count). The molecule has 0 aliphatic rings. The third-order valence-corrected chi connectivity index (χ3v) is 18.4. The molecule has 0 N–H and O–H groups in total. The first-order chi connectivity index (χ1) is 31.2. The SMILES string of the molecule is c1ccc(-c2ccc(N(c3ccc(-c4ccc([Si](c5ccccc5)(c5ccccc5)c5ccccc5)cc4)cc3)c3ccc(-c4ccc5sc6ccccc6c5c4)cc3)cc2)cc1. The van der Waals surface area contributed by atoms with Crippen molar-refractivity contribution in [3.05, 3.63) is 261 Å². The summed E-state index contributed by atoms with van der Waals surface area (Å²) in [5.41, 5.74) is 10.5. The van der Waals surface area contributed by atoms with Crippen LogP contribution in [-0.2, 0) is 0 Å². The van der Waals surface area contributed by atoms with E-state index in [9.17, 15) is 0 Å². The van der Waals surface area contributed by atoms with Gasteiger partial charge in [-0.3, -0.25) is 0 Å². The molecule has 0 spiro atoms. The lowest BCUT2D eigenvalue weighted by Crippen LogP contribution is -2.74. The zero-order valence-corrected chi connectivity index (χ0v) is 36.5. The van der Waals surface area contributed by atoms with E-state index in [1.54, 1.807) is 0 Å². The fraction of sp³-hybridized carbons (Fsp3) is 0. The largest absolute Gasteiger partial charge is 0.311 e. The first-order valence-corrected chi connectivity index (χ1v) is 24.4. The molecule has 3 heteroatoms. The Kier molecular flexibility index (Phi) is 10.2. The molecule has 0 radical (unpaired) electrons. The molecule has 11 aromatic rings. The number of hydrogen-bond acceptors (Lipinski definition) is 2. The molecule has 0 aliphatic heterocycles. The maximum Gasteiger partial charge on any atom is 0.179 e. The number of anilines is 3. The van der Waals surface area contributed by atoms with Gasteiger partial charge in [0, 0.05) is 37.2 Å². The fourth-order valence-corrected chi connectivity index (χ4v) is 15.2. The summed E-state index contributed by atoms with van der Waals surface area (Å²) >= 11 is 1.86. The molecule has 0 atom stereocenters. The fourth-order valence-electron chi connectivity index (χ4n) is 9.37. The third-order valence-electron chi connectivity index (χ3n) is 12.5. The van der Waals surface area contributed by atoms with E-state index in [2.05, 4.69) is 266 Å². The molecule has 10 aromatic carbocycles. The zero-order valence-electron chi connectivity index (χ0n) is 34.7. The molecule has 1 heterocycles. The lowest BCUT2D eigenvalue weighted by atomic mass is 10.0. The highest BCUT2D eigenvalue weighted by Crippen LogP contribution is 2.39. The van der Waals surface area contributed by atoms with E-state index in [0.717, 1.165) is 17.1 Å². The van der Waals surface area contributed by atoms with Crippen LogP contribution in [0.1, 0.15) is 0 Å². The van der Waals surface area contributed by atoms with E-state index >= 15 is 0 Å². The van der Waals surface area contributed by atoms with Gasteiger partial charge in [-0.15, -0.1) is 11.3 Å². The third kappa shape index (κ3) is 7.17. The van der Waals surface area contributed by atoms with Gasteiger partial charge < -0.3 is 4.90 Å². The van der Waals surface area contributed by atoms with Crippen molar-refractivity contribution in [1.82, 2.24) is 0 Å². The van der Waals surface area contributed by atoms with E-state index in [4.69, 9.17) is 0 Å². The number of hydrogen-bond donors (Lipinski definition) is 0. The van der Waals surface area contributed by atoms with Crippen LogP contribution in [0.5, 0.6) is 0 Å². The summed E-state index contributed by atoms with van der Waals surface area (Å²) < 4.78 is 2.65. The molecule has 0 fully saturated rings. The van der Waals surface area contributed by atoms with Crippen molar-refractivity contribution in [3.63, 3.8) is 0 Å². The van der Waals surface area contributed by atoms with Crippen molar-refractivity contribution in [2.24, 2.45) is 0 Å². The van der Waals surface area contributed by atoms with Gasteiger partial charge in [0.1, 0.15) is 0 Å². The molecule has 0 bridgehead atoms. The van der Waals surface area contributed by atoms with Crippen LogP contribution in [0.15, 0.2) is 261 Å². The topological polar surface area (TPSA) is 3.24 Å². The minimum Gasteiger partial charge on any atom is -0.311 e. The quantitative estimate of drug-likeness (QED) is 0.0980. The van der Waals surface area contributed by atoms with Crippen molar-refractivity contribution >= 4 is 77.4 Å². The smallest absolute Gasteiger partial charge is 0.179 e. The van der Waals surface area contributed by atoms with E-state index in [0.29, 0.717) is 0 Å². The normalized spacial score (nSPS) is 11.5. The predicted molar refractivity (Wildman–Crippen MR) is 274 cm³/mol. The van der Waals surface area contributed by atoms with Gasteiger partial charge in [-0.1, -0.05) is 206 Å². The Balaban J connectivity index is 0.951. The van der Waals surface area contributed by atoms with Gasteiger partial charge in [-0.25, -0.2) is 0 Å². The van der Waals surface area contributed by atoms with Crippen LogP contribution < -0.4 is 25.6 Å². The highest BCUT2D eigenvalue weighted by molar-refractivity contribution is 7.25. The van der Waals surface area contributed by atoms with Gasteiger partial charge >= 0.3 is 0 Å². The summed E-state index contributed by atoms with van der Waals surface area (Å²) in [6, 6.07) is 95.9. The van der Waals surface area contributed by atoms with Gasteiger partial charge in [-0.05, 0) is 109 Å². The van der Waals surface area contributed by atoms with Crippen LogP contribution in [-0.4, -0.2) is 8.07 Å². The Bertz CT molecular complexity index is 3180. The summed E-state index contributed by atoms with van der Waals surface area (Å²) in [5, 5.41) is 8.13. The Labute approximate surface area is 374 Å². The molecular weight excluding hydrogens is 795 g/mol. The molecule has 0 amide bonds. The zero-order chi connectivity index (χ0) is 42.0. The first-order valence-electron chi connectivity index (χ1n) is 21.6. The summed E-state index contributed by atoms with van der Waals surface area (Å²) in [4.78, 5) is 2.36. The molecule has 1 nitrogen and oxygen atoms in total. The monoisotopic (exact) mass is 837 g/mol. The second kappa shape index (κ2) is 16.7. The summed E-state index contributed by atoms with van der Waals surface area (Å²) in [5.74, 6) is 0. The second-order valence-electron chi connectivity index (χ2n) is 16.1. The Morgan fingerprint density at radius 2 is 0.587 bits per heavy atom. The van der Waals surface area contributed by atoms with Crippen molar-refractivity contribution in [3.8, 4) is 33.4 Å². The number of benzene rings is 10. The van der Waals surface area contributed by atoms with Gasteiger partial charge in [-0.2, -0.15) is 0 Å². The average Bonchev–Trinajstić information content (AvgIpc) is 3.75. The van der Waals surface area contributed by atoms with Crippen LogP contribution in [0.3, 0.4) is 0 Å². The van der Waals surface area contributed by atoms with E-state index < -0.39 is 8.07 Å². The standard InChI is InChI=1S/C60H43NSSi/c1-5-15-44(16-6-1)45-25-34-50(35-26-45)61(52-38-29-48(30-39-52)49-33-42-60-58(43-49)57-23-13-14-24-59(57)62-60)51-36-27-46(28-37-51)47-31-40-56(41-32-47)63(53-17-7-2-8-18-53,54-19-9-3-10-20-54)55-21-11-4-12-22-55/h1-43H. The first kappa shape index (κ1) is 38.4. The van der Waals surface area contributed by atoms with Gasteiger partial charge in [0.2, 0.25) is 0 Å². The van der Waals surface area contributed by atoms with Crippen LogP contribution in [0.25, 0.3) is 53.6 Å². The lowest BCUT2D eigenvalue weighted by Gasteiger charge is -2.34. The molecule has 0 saturated carbocycles. The summed E-state index contributed by atoms with van der Waals surface area (Å²) in [7, 11) is -2.60. The Morgan fingerprint density at radius 3 is 1.06 bits per heavy atom. The number of fused-ring (bicyclic) bond motifs is 3. The molecule has 1 aromatic heterocycles. The van der Waals surface area contributed by atoms with Gasteiger partial charge in [0.15, 0.2) is 8.07 Å². The molecule has 63 heavy (non-hydrogen) atoms. The Morgan fingerprint density at radius 1 is 0.254 bits per heavy atom. The molecule has 0 unspecified atom stereocenters. The minimum atomic E-state index is -2.60. The number of nitrogens with zero attached hydrogens (tertiary/aromatic N) is 1. The molecule has 298 valence electrons. The van der Waals surface area contributed by atoms with Crippen molar-refractivity contribution < 1.29 is 0 Å². The van der Waals surface area contributed by atoms with Crippen LogP contribution in [0.4, 0.5) is 17.1 Å². The van der Waals surface area contributed by atoms with Gasteiger partial charge in [0.25, 0.3) is 0 Å². The highest BCUT2D eigenvalue weighted by atomic mass is 32.1. The van der Waals surface area contributed by atoms with Crippen LogP contribution in [0, 0.1) is 0 Å².